The number of carbonyl (C=O) groups excluding carboxylic acids is 2. The number of halogens is 1. The first-order valence-electron chi connectivity index (χ1n) is 7.73. The van der Waals surface area contributed by atoms with E-state index in [1.165, 1.54) is 36.0 Å². The van der Waals surface area contributed by atoms with Crippen LogP contribution in [-0.4, -0.2) is 42.0 Å². The average Bonchev–Trinajstić information content (AvgIpc) is 2.89. The van der Waals surface area contributed by atoms with Crippen LogP contribution < -0.4 is 10.6 Å². The van der Waals surface area contributed by atoms with E-state index in [2.05, 4.69) is 15.6 Å². The first kappa shape index (κ1) is 18.4. The second-order valence-electron chi connectivity index (χ2n) is 5.09. The van der Waals surface area contributed by atoms with Crippen LogP contribution in [0.5, 0.6) is 0 Å². The van der Waals surface area contributed by atoms with Crippen molar-refractivity contribution in [3.63, 3.8) is 0 Å². The molecule has 2 N–H and O–H groups in total. The first-order valence-corrected chi connectivity index (χ1v) is 8.61. The number of benzene rings is 1. The molecule has 0 saturated carbocycles. The molecule has 0 bridgehead atoms. The molecule has 24 heavy (non-hydrogen) atoms. The average molecular weight is 353 g/mol. The van der Waals surface area contributed by atoms with Crippen LogP contribution in [-0.2, 0) is 14.3 Å². The summed E-state index contributed by atoms with van der Waals surface area (Å²) in [5.41, 5.74) is 0.495. The molecule has 6 nitrogen and oxygen atoms in total. The number of amidine groups is 1. The van der Waals surface area contributed by atoms with Crippen molar-refractivity contribution in [1.29, 1.82) is 0 Å². The molecule has 1 aliphatic rings. The van der Waals surface area contributed by atoms with E-state index in [1.54, 1.807) is 0 Å². The van der Waals surface area contributed by atoms with E-state index in [0.717, 1.165) is 6.42 Å². The minimum Gasteiger partial charge on any atom is -0.382 e. The quantitative estimate of drug-likeness (QED) is 0.702. The highest BCUT2D eigenvalue weighted by Crippen LogP contribution is 2.23. The second-order valence-corrected chi connectivity index (χ2v) is 6.28. The topological polar surface area (TPSA) is 79.8 Å². The molecule has 0 unspecified atom stereocenters. The van der Waals surface area contributed by atoms with Gasteiger partial charge in [0.2, 0.25) is 11.8 Å². The molecule has 8 heteroatoms. The molecule has 0 aliphatic carbocycles. The Morgan fingerprint density at radius 1 is 1.42 bits per heavy atom. The Bertz CT molecular complexity index is 607. The van der Waals surface area contributed by atoms with Crippen molar-refractivity contribution in [3.05, 3.63) is 30.1 Å². The summed E-state index contributed by atoms with van der Waals surface area (Å²) >= 11 is 1.25. The van der Waals surface area contributed by atoms with Gasteiger partial charge in [-0.05, 0) is 37.6 Å². The lowest BCUT2D eigenvalue weighted by Crippen LogP contribution is -2.28. The van der Waals surface area contributed by atoms with Gasteiger partial charge < -0.3 is 15.4 Å². The number of aliphatic imine (C=N–C) groups is 1. The smallest absolute Gasteiger partial charge is 0.240 e. The van der Waals surface area contributed by atoms with Crippen molar-refractivity contribution in [2.45, 2.75) is 25.0 Å². The lowest BCUT2D eigenvalue weighted by atomic mass is 10.2. The maximum absolute atomic E-state index is 12.8. The Kier molecular flexibility index (Phi) is 7.20. The SMILES string of the molecule is CCOCCCN=C1NC(=O)[C@@H](CC(=O)Nc2ccc(F)cc2)S1. The van der Waals surface area contributed by atoms with Gasteiger partial charge >= 0.3 is 0 Å². The van der Waals surface area contributed by atoms with Gasteiger partial charge in [-0.3, -0.25) is 14.6 Å². The number of hydrogen-bond donors (Lipinski definition) is 2. The van der Waals surface area contributed by atoms with Crippen LogP contribution in [0, 0.1) is 5.82 Å². The molecule has 1 atom stereocenters. The van der Waals surface area contributed by atoms with E-state index < -0.39 is 5.25 Å². The number of nitrogens with zero attached hydrogens (tertiary/aromatic N) is 1. The molecule has 1 aromatic rings. The number of hydrogen-bond acceptors (Lipinski definition) is 5. The maximum Gasteiger partial charge on any atom is 0.240 e. The van der Waals surface area contributed by atoms with E-state index in [-0.39, 0.29) is 24.1 Å². The Labute approximate surface area is 144 Å². The third kappa shape index (κ3) is 5.93. The molecule has 1 aliphatic heterocycles. The number of amides is 2. The first-order chi connectivity index (χ1) is 11.6. The summed E-state index contributed by atoms with van der Waals surface area (Å²) in [4.78, 5) is 28.2. The zero-order valence-electron chi connectivity index (χ0n) is 13.4. The molecule has 1 saturated heterocycles. The van der Waals surface area contributed by atoms with Crippen molar-refractivity contribution < 1.29 is 18.7 Å². The number of anilines is 1. The van der Waals surface area contributed by atoms with Crippen molar-refractivity contribution in [2.75, 3.05) is 25.1 Å². The summed E-state index contributed by atoms with van der Waals surface area (Å²) in [6.07, 6.45) is 0.815. The fourth-order valence-corrected chi connectivity index (χ4v) is 3.02. The largest absolute Gasteiger partial charge is 0.382 e. The lowest BCUT2D eigenvalue weighted by molar-refractivity contribution is -0.122. The monoisotopic (exact) mass is 353 g/mol. The molecule has 1 fully saturated rings. The van der Waals surface area contributed by atoms with Gasteiger partial charge in [0.25, 0.3) is 0 Å². The maximum atomic E-state index is 12.8. The number of ether oxygens (including phenoxy) is 1. The van der Waals surface area contributed by atoms with Gasteiger partial charge in [0.15, 0.2) is 5.17 Å². The van der Waals surface area contributed by atoms with Crippen molar-refractivity contribution in [3.8, 4) is 0 Å². The third-order valence-electron chi connectivity index (χ3n) is 3.18. The van der Waals surface area contributed by atoms with Gasteiger partial charge in [0.05, 0.1) is 0 Å². The molecular weight excluding hydrogens is 333 g/mol. The number of carbonyl (C=O) groups is 2. The van der Waals surface area contributed by atoms with E-state index >= 15 is 0 Å². The van der Waals surface area contributed by atoms with Crippen LogP contribution in [0.2, 0.25) is 0 Å². The molecule has 2 rings (SSSR count). The minimum atomic E-state index is -0.504. The summed E-state index contributed by atoms with van der Waals surface area (Å²) in [6.45, 7) is 3.81. The van der Waals surface area contributed by atoms with Crippen LogP contribution in [0.3, 0.4) is 0 Å². The highest BCUT2D eigenvalue weighted by atomic mass is 32.2. The van der Waals surface area contributed by atoms with E-state index in [4.69, 9.17) is 4.74 Å². The summed E-state index contributed by atoms with van der Waals surface area (Å²) < 4.78 is 18.0. The van der Waals surface area contributed by atoms with Gasteiger partial charge in [-0.1, -0.05) is 11.8 Å². The molecule has 1 heterocycles. The Balaban J connectivity index is 1.78. The van der Waals surface area contributed by atoms with Crippen molar-refractivity contribution in [2.24, 2.45) is 4.99 Å². The Morgan fingerprint density at radius 3 is 2.88 bits per heavy atom. The van der Waals surface area contributed by atoms with Gasteiger partial charge in [0, 0.05) is 31.9 Å². The van der Waals surface area contributed by atoms with Crippen molar-refractivity contribution >= 4 is 34.4 Å². The molecule has 1 aromatic carbocycles. The summed E-state index contributed by atoms with van der Waals surface area (Å²) in [7, 11) is 0. The summed E-state index contributed by atoms with van der Waals surface area (Å²) in [5.74, 6) is -0.895. The predicted octanol–water partition coefficient (Wildman–Crippen LogP) is 2.17. The lowest BCUT2D eigenvalue weighted by Gasteiger charge is -2.07. The van der Waals surface area contributed by atoms with Gasteiger partial charge in [-0.2, -0.15) is 0 Å². The van der Waals surface area contributed by atoms with Gasteiger partial charge in [-0.15, -0.1) is 0 Å². The molecule has 0 aromatic heterocycles. The standard InChI is InChI=1S/C16H20FN3O3S/c1-2-23-9-3-8-18-16-20-15(22)13(24-16)10-14(21)19-12-6-4-11(17)5-7-12/h4-7,13H,2-3,8-10H2,1H3,(H,19,21)(H,18,20,22)/t13-/m1/s1. The van der Waals surface area contributed by atoms with Gasteiger partial charge in [-0.25, -0.2) is 4.39 Å². The minimum absolute atomic E-state index is 0.0336. The zero-order valence-corrected chi connectivity index (χ0v) is 14.2. The highest BCUT2D eigenvalue weighted by Gasteiger charge is 2.31. The molecule has 2 amide bonds. The fraction of sp³-hybridized carbons (Fsp3) is 0.438. The normalized spacial score (nSPS) is 18.7. The summed E-state index contributed by atoms with van der Waals surface area (Å²) in [6, 6.07) is 5.47. The van der Waals surface area contributed by atoms with E-state index in [1.807, 2.05) is 6.92 Å². The van der Waals surface area contributed by atoms with Crippen molar-refractivity contribution in [1.82, 2.24) is 5.32 Å². The molecule has 0 radical (unpaired) electrons. The van der Waals surface area contributed by atoms with Crippen LogP contribution >= 0.6 is 11.8 Å². The zero-order chi connectivity index (χ0) is 17.4. The van der Waals surface area contributed by atoms with Crippen LogP contribution in [0.15, 0.2) is 29.3 Å². The van der Waals surface area contributed by atoms with E-state index in [0.29, 0.717) is 30.6 Å². The second kappa shape index (κ2) is 9.39. The molecule has 0 spiro atoms. The highest BCUT2D eigenvalue weighted by molar-refractivity contribution is 8.15. The Hall–Kier alpha value is -1.93. The predicted molar refractivity (Wildman–Crippen MR) is 92.6 cm³/mol. The van der Waals surface area contributed by atoms with Gasteiger partial charge in [0.1, 0.15) is 11.1 Å². The fourth-order valence-electron chi connectivity index (χ4n) is 2.02. The van der Waals surface area contributed by atoms with E-state index in [9.17, 15) is 14.0 Å². The third-order valence-corrected chi connectivity index (χ3v) is 4.30. The number of thioether (sulfide) groups is 1. The van der Waals surface area contributed by atoms with Crippen LogP contribution in [0.25, 0.3) is 0 Å². The Morgan fingerprint density at radius 2 is 2.17 bits per heavy atom. The summed E-state index contributed by atoms with van der Waals surface area (Å²) in [5, 5.41) is 5.35. The number of nitrogens with one attached hydrogen (secondary N) is 2. The number of rotatable bonds is 8. The molecule has 130 valence electrons. The van der Waals surface area contributed by atoms with Crippen LogP contribution in [0.1, 0.15) is 19.8 Å². The van der Waals surface area contributed by atoms with Crippen LogP contribution in [0.4, 0.5) is 10.1 Å². The molecular formula is C16H20FN3O3S.